The predicted octanol–water partition coefficient (Wildman–Crippen LogP) is 8.34. The van der Waals surface area contributed by atoms with Gasteiger partial charge < -0.3 is 9.67 Å². The van der Waals surface area contributed by atoms with Gasteiger partial charge in [0.05, 0.1) is 17.1 Å². The Balaban J connectivity index is 1.41. The zero-order valence-electron chi connectivity index (χ0n) is 18.4. The monoisotopic (exact) mass is 495 g/mol. The van der Waals surface area contributed by atoms with Gasteiger partial charge in [0.1, 0.15) is 4.88 Å². The van der Waals surface area contributed by atoms with Crippen LogP contribution in [0.2, 0.25) is 5.02 Å². The average Bonchev–Trinajstić information content (AvgIpc) is 3.37. The van der Waals surface area contributed by atoms with E-state index in [9.17, 15) is 9.90 Å². The highest BCUT2D eigenvalue weighted by atomic mass is 35.5. The van der Waals surface area contributed by atoms with Crippen molar-refractivity contribution in [3.63, 3.8) is 0 Å². The van der Waals surface area contributed by atoms with Gasteiger partial charge in [-0.15, -0.1) is 21.6 Å². The molecule has 0 aliphatic carbocycles. The number of para-hydroxylation sites is 1. The van der Waals surface area contributed by atoms with Crippen LogP contribution in [0.5, 0.6) is 5.88 Å². The van der Waals surface area contributed by atoms with Gasteiger partial charge in [0.15, 0.2) is 5.69 Å². The van der Waals surface area contributed by atoms with Gasteiger partial charge in [-0.3, -0.25) is 4.79 Å². The van der Waals surface area contributed by atoms with Crippen molar-refractivity contribution in [3.8, 4) is 5.88 Å². The molecule has 0 fully saturated rings. The molecule has 0 aliphatic heterocycles. The number of benzene rings is 4. The highest BCUT2D eigenvalue weighted by Crippen LogP contribution is 2.40. The van der Waals surface area contributed by atoms with Gasteiger partial charge in [-0.2, -0.15) is 0 Å². The van der Waals surface area contributed by atoms with E-state index < -0.39 is 5.91 Å². The largest absolute Gasteiger partial charge is 0.493 e. The second-order valence-electron chi connectivity index (χ2n) is 8.16. The van der Waals surface area contributed by atoms with E-state index in [1.54, 1.807) is 4.57 Å². The molecule has 35 heavy (non-hydrogen) atoms. The van der Waals surface area contributed by atoms with Crippen molar-refractivity contribution in [2.24, 2.45) is 10.2 Å². The minimum Gasteiger partial charge on any atom is -0.493 e. The number of nitrogens with zero attached hydrogens (tertiary/aromatic N) is 3. The zero-order chi connectivity index (χ0) is 23.9. The van der Waals surface area contributed by atoms with E-state index in [-0.39, 0.29) is 11.6 Å². The smallest absolute Gasteiger partial charge is 0.307 e. The minimum absolute atomic E-state index is 0.0434. The lowest BCUT2D eigenvalue weighted by Crippen LogP contribution is -1.99. The molecule has 6 aromatic rings. The number of aromatic nitrogens is 1. The molecule has 2 heterocycles. The van der Waals surface area contributed by atoms with E-state index in [1.807, 2.05) is 72.8 Å². The number of amides is 1. The van der Waals surface area contributed by atoms with Crippen molar-refractivity contribution in [2.45, 2.75) is 6.54 Å². The number of thiophene rings is 1. The number of carbonyl (C=O) groups is 1. The third-order valence-corrected chi connectivity index (χ3v) is 7.76. The number of carbonyl (C=O) groups excluding carboxylic acids is 1. The van der Waals surface area contributed by atoms with E-state index in [1.165, 1.54) is 11.3 Å². The summed E-state index contributed by atoms with van der Waals surface area (Å²) in [5.41, 5.74) is 2.13. The highest BCUT2D eigenvalue weighted by molar-refractivity contribution is 7.21. The SMILES string of the molecule is O=C(N=Nc1c(O)n(Cc2cccc3ccccc23)c2ccccc12)c1sc2ccccc2c1Cl. The summed E-state index contributed by atoms with van der Waals surface area (Å²) in [5, 5.41) is 23.5. The first-order valence-electron chi connectivity index (χ1n) is 11.0. The van der Waals surface area contributed by atoms with Crippen LogP contribution in [0.25, 0.3) is 31.8 Å². The van der Waals surface area contributed by atoms with Crippen LogP contribution >= 0.6 is 22.9 Å². The zero-order valence-corrected chi connectivity index (χ0v) is 19.9. The van der Waals surface area contributed by atoms with Crippen molar-refractivity contribution >= 4 is 66.3 Å². The fraction of sp³-hybridized carbons (Fsp3) is 0.0357. The van der Waals surface area contributed by atoms with Crippen LogP contribution in [-0.4, -0.2) is 15.6 Å². The summed E-state index contributed by atoms with van der Waals surface area (Å²) < 4.78 is 2.70. The lowest BCUT2D eigenvalue weighted by atomic mass is 10.0. The van der Waals surface area contributed by atoms with Crippen LogP contribution in [0.3, 0.4) is 0 Å². The maximum Gasteiger partial charge on any atom is 0.307 e. The normalized spacial score (nSPS) is 11.8. The first kappa shape index (κ1) is 21.5. The lowest BCUT2D eigenvalue weighted by molar-refractivity contribution is 0.0999. The summed E-state index contributed by atoms with van der Waals surface area (Å²) in [6.45, 7) is 0.444. The second kappa shape index (κ2) is 8.65. The Labute approximate surface area is 209 Å². The van der Waals surface area contributed by atoms with Gasteiger partial charge in [-0.05, 0) is 28.5 Å². The summed E-state index contributed by atoms with van der Waals surface area (Å²) in [6, 6.07) is 29.4. The highest BCUT2D eigenvalue weighted by Gasteiger charge is 2.20. The van der Waals surface area contributed by atoms with E-state index in [0.717, 1.165) is 31.9 Å². The third kappa shape index (κ3) is 3.68. The van der Waals surface area contributed by atoms with Crippen LogP contribution in [0, 0.1) is 0 Å². The molecule has 0 aliphatic rings. The molecule has 7 heteroatoms. The first-order valence-corrected chi connectivity index (χ1v) is 12.2. The van der Waals surface area contributed by atoms with E-state index in [4.69, 9.17) is 11.6 Å². The first-order chi connectivity index (χ1) is 17.1. The number of hydrogen-bond acceptors (Lipinski definition) is 4. The second-order valence-corrected chi connectivity index (χ2v) is 9.59. The summed E-state index contributed by atoms with van der Waals surface area (Å²) in [6.07, 6.45) is 0. The number of halogens is 1. The fourth-order valence-corrected chi connectivity index (χ4v) is 5.82. The Morgan fingerprint density at radius 1 is 0.857 bits per heavy atom. The number of azo groups is 1. The summed E-state index contributed by atoms with van der Waals surface area (Å²) in [4.78, 5) is 13.2. The van der Waals surface area contributed by atoms with Crippen LogP contribution < -0.4 is 0 Å². The summed E-state index contributed by atoms with van der Waals surface area (Å²) in [7, 11) is 0. The van der Waals surface area contributed by atoms with Gasteiger partial charge in [-0.1, -0.05) is 90.5 Å². The van der Waals surface area contributed by atoms with Gasteiger partial charge >= 0.3 is 5.91 Å². The molecule has 0 radical (unpaired) electrons. The summed E-state index contributed by atoms with van der Waals surface area (Å²) >= 11 is 7.72. The Morgan fingerprint density at radius 3 is 2.37 bits per heavy atom. The maximum atomic E-state index is 12.9. The molecule has 0 atom stereocenters. The molecular formula is C28H18ClN3O2S. The molecule has 0 unspecified atom stereocenters. The van der Waals surface area contributed by atoms with Crippen molar-refractivity contribution < 1.29 is 9.90 Å². The molecule has 1 N–H and O–H groups in total. The molecule has 5 nitrogen and oxygen atoms in total. The van der Waals surface area contributed by atoms with Crippen molar-refractivity contribution in [3.05, 3.63) is 106 Å². The van der Waals surface area contributed by atoms with Gasteiger partial charge in [-0.25, -0.2) is 0 Å². The van der Waals surface area contributed by atoms with Crippen molar-refractivity contribution in [2.75, 3.05) is 0 Å². The van der Waals surface area contributed by atoms with E-state index in [2.05, 4.69) is 28.4 Å². The minimum atomic E-state index is -0.540. The molecule has 1 amide bonds. The average molecular weight is 496 g/mol. The molecule has 2 aromatic heterocycles. The summed E-state index contributed by atoms with van der Waals surface area (Å²) in [5.74, 6) is -0.584. The van der Waals surface area contributed by atoms with Crippen LogP contribution in [0.4, 0.5) is 5.69 Å². The molecule has 4 aromatic carbocycles. The topological polar surface area (TPSA) is 66.9 Å². The van der Waals surface area contributed by atoms with Crippen molar-refractivity contribution in [1.82, 2.24) is 4.57 Å². The number of aromatic hydroxyl groups is 1. The Kier molecular flexibility index (Phi) is 5.32. The fourth-order valence-electron chi connectivity index (χ4n) is 4.42. The number of fused-ring (bicyclic) bond motifs is 3. The van der Waals surface area contributed by atoms with Crippen molar-refractivity contribution in [1.29, 1.82) is 0 Å². The van der Waals surface area contributed by atoms with Gasteiger partial charge in [0, 0.05) is 15.5 Å². The molecule has 0 spiro atoms. The maximum absolute atomic E-state index is 12.9. The van der Waals surface area contributed by atoms with Gasteiger partial charge in [0.25, 0.3) is 0 Å². The number of hydrogen-bond donors (Lipinski definition) is 1. The van der Waals surface area contributed by atoms with Gasteiger partial charge in [0.2, 0.25) is 5.88 Å². The molecule has 0 saturated carbocycles. The van der Waals surface area contributed by atoms with E-state index in [0.29, 0.717) is 21.8 Å². The quantitative estimate of drug-likeness (QED) is 0.250. The van der Waals surface area contributed by atoms with Crippen LogP contribution in [0.15, 0.2) is 101 Å². The lowest BCUT2D eigenvalue weighted by Gasteiger charge is -2.10. The molecule has 170 valence electrons. The molecule has 6 rings (SSSR count). The van der Waals surface area contributed by atoms with Crippen LogP contribution in [-0.2, 0) is 6.54 Å². The Bertz CT molecular complexity index is 1780. The molecule has 0 saturated heterocycles. The molecular weight excluding hydrogens is 478 g/mol. The Morgan fingerprint density at radius 2 is 1.54 bits per heavy atom. The Hall–Kier alpha value is -4.00. The third-order valence-electron chi connectivity index (χ3n) is 6.10. The predicted molar refractivity (Wildman–Crippen MR) is 142 cm³/mol. The number of rotatable bonds is 4. The standard InChI is InChI=1S/C28H18ClN3O2S/c29-24-21-13-4-6-15-23(21)35-26(24)27(33)31-30-25-20-12-3-5-14-22(20)32(28(25)34)16-18-10-7-9-17-8-1-2-11-19(17)18/h1-15,34H,16H2. The van der Waals surface area contributed by atoms with Crippen LogP contribution in [0.1, 0.15) is 15.2 Å². The molecule has 0 bridgehead atoms. The van der Waals surface area contributed by atoms with E-state index >= 15 is 0 Å².